The van der Waals surface area contributed by atoms with Crippen LogP contribution < -0.4 is 10.6 Å². The Kier molecular flexibility index (Phi) is 4.12. The Labute approximate surface area is 106 Å². The van der Waals surface area contributed by atoms with Crippen LogP contribution in [-0.2, 0) is 0 Å². The van der Waals surface area contributed by atoms with E-state index in [1.165, 1.54) is 13.8 Å². The summed E-state index contributed by atoms with van der Waals surface area (Å²) < 4.78 is 37.5. The first-order valence-corrected chi connectivity index (χ1v) is 5.22. The Morgan fingerprint density at radius 1 is 1.53 bits per heavy atom. The van der Waals surface area contributed by atoms with Gasteiger partial charge < -0.3 is 10.6 Å². The molecule has 7 nitrogen and oxygen atoms in total. The number of nitrogens with zero attached hydrogens (tertiary/aromatic N) is 4. The van der Waals surface area contributed by atoms with E-state index in [4.69, 9.17) is 5.73 Å². The molecule has 0 aromatic carbocycles. The van der Waals surface area contributed by atoms with E-state index in [0.29, 0.717) is 0 Å². The molecule has 1 aromatic rings. The summed E-state index contributed by atoms with van der Waals surface area (Å²) in [7, 11) is 0. The number of anilines is 2. The first-order chi connectivity index (χ1) is 8.61. The van der Waals surface area contributed by atoms with Crippen molar-refractivity contribution in [2.45, 2.75) is 26.1 Å². The molecular formula is C9H12F3N5O2. The molecule has 10 heteroatoms. The average molecular weight is 279 g/mol. The SMILES string of the molecule is CC(C)N(CC(F)(F)F)c1nc(N)ncc1[N+](=O)[O-]. The maximum Gasteiger partial charge on any atom is 0.405 e. The van der Waals surface area contributed by atoms with Gasteiger partial charge in [0.1, 0.15) is 12.7 Å². The van der Waals surface area contributed by atoms with Gasteiger partial charge in [-0.1, -0.05) is 0 Å². The molecule has 0 unspecified atom stereocenters. The molecule has 0 fully saturated rings. The monoisotopic (exact) mass is 279 g/mol. The second-order valence-corrected chi connectivity index (χ2v) is 4.03. The van der Waals surface area contributed by atoms with E-state index in [2.05, 4.69) is 9.97 Å². The molecule has 1 rings (SSSR count). The van der Waals surface area contributed by atoms with E-state index in [0.717, 1.165) is 11.1 Å². The second kappa shape index (κ2) is 5.24. The van der Waals surface area contributed by atoms with E-state index in [-0.39, 0.29) is 5.95 Å². The summed E-state index contributed by atoms with van der Waals surface area (Å²) in [6.45, 7) is 1.57. The number of aromatic nitrogens is 2. The van der Waals surface area contributed by atoms with Crippen LogP contribution in [0.2, 0.25) is 0 Å². The largest absolute Gasteiger partial charge is 0.405 e. The molecule has 0 radical (unpaired) electrons. The fourth-order valence-corrected chi connectivity index (χ4v) is 1.41. The summed E-state index contributed by atoms with van der Waals surface area (Å²) in [5, 5.41) is 10.8. The van der Waals surface area contributed by atoms with Gasteiger partial charge in [-0.2, -0.15) is 18.2 Å². The number of halogens is 3. The lowest BCUT2D eigenvalue weighted by atomic mass is 10.3. The van der Waals surface area contributed by atoms with Crippen molar-refractivity contribution in [3.05, 3.63) is 16.3 Å². The van der Waals surface area contributed by atoms with Gasteiger partial charge in [-0.15, -0.1) is 0 Å². The lowest BCUT2D eigenvalue weighted by molar-refractivity contribution is -0.384. The molecule has 0 amide bonds. The van der Waals surface area contributed by atoms with Gasteiger partial charge in [0, 0.05) is 6.04 Å². The highest BCUT2D eigenvalue weighted by atomic mass is 19.4. The minimum absolute atomic E-state index is 0.326. The van der Waals surface area contributed by atoms with Crippen molar-refractivity contribution in [2.75, 3.05) is 17.2 Å². The summed E-state index contributed by atoms with van der Waals surface area (Å²) in [5.74, 6) is -0.766. The van der Waals surface area contributed by atoms with Crippen LogP contribution in [0.15, 0.2) is 6.20 Å². The van der Waals surface area contributed by atoms with Crippen LogP contribution in [0.1, 0.15) is 13.8 Å². The zero-order valence-corrected chi connectivity index (χ0v) is 10.2. The van der Waals surface area contributed by atoms with Gasteiger partial charge in [0.15, 0.2) is 0 Å². The molecule has 1 aromatic heterocycles. The van der Waals surface area contributed by atoms with Crippen LogP contribution in [0.4, 0.5) is 30.6 Å². The van der Waals surface area contributed by atoms with Gasteiger partial charge in [-0.25, -0.2) is 4.98 Å². The number of nitro groups is 1. The Bertz CT molecular complexity index is 477. The van der Waals surface area contributed by atoms with Crippen LogP contribution in [0, 0.1) is 10.1 Å². The predicted octanol–water partition coefficient (Wildman–Crippen LogP) is 1.74. The Morgan fingerprint density at radius 2 is 2.11 bits per heavy atom. The van der Waals surface area contributed by atoms with E-state index >= 15 is 0 Å². The molecule has 0 spiro atoms. The zero-order chi connectivity index (χ0) is 14.8. The molecule has 0 bridgehead atoms. The number of hydrogen-bond donors (Lipinski definition) is 1. The molecule has 19 heavy (non-hydrogen) atoms. The standard InChI is InChI=1S/C9H12F3N5O2/c1-5(2)16(4-9(10,11)12)7-6(17(18)19)3-14-8(13)15-7/h3,5H,4H2,1-2H3,(H2,13,14,15). The summed E-state index contributed by atoms with van der Waals surface area (Å²) in [6, 6.07) is -0.644. The number of hydrogen-bond acceptors (Lipinski definition) is 6. The Morgan fingerprint density at radius 3 is 2.53 bits per heavy atom. The quantitative estimate of drug-likeness (QED) is 0.666. The third-order valence-corrected chi connectivity index (χ3v) is 2.21. The van der Waals surface area contributed by atoms with Crippen LogP contribution in [0.5, 0.6) is 0 Å². The maximum atomic E-state index is 12.5. The number of rotatable bonds is 4. The minimum Gasteiger partial charge on any atom is -0.368 e. The lowest BCUT2D eigenvalue weighted by Gasteiger charge is -2.28. The number of alkyl halides is 3. The molecule has 0 aliphatic rings. The van der Waals surface area contributed by atoms with E-state index < -0.39 is 35.2 Å². The van der Waals surface area contributed by atoms with Crippen molar-refractivity contribution >= 4 is 17.5 Å². The Hall–Kier alpha value is -2.13. The highest BCUT2D eigenvalue weighted by molar-refractivity contribution is 5.59. The lowest BCUT2D eigenvalue weighted by Crippen LogP contribution is -2.40. The molecule has 0 saturated heterocycles. The van der Waals surface area contributed by atoms with Gasteiger partial charge in [0.2, 0.25) is 11.8 Å². The third kappa shape index (κ3) is 3.93. The fraction of sp³-hybridized carbons (Fsp3) is 0.556. The third-order valence-electron chi connectivity index (χ3n) is 2.21. The molecule has 0 saturated carbocycles. The molecule has 106 valence electrons. The van der Waals surface area contributed by atoms with Crippen LogP contribution in [-0.4, -0.2) is 33.7 Å². The maximum absolute atomic E-state index is 12.5. The summed E-state index contributed by atoms with van der Waals surface area (Å²) in [6.07, 6.45) is -3.72. The average Bonchev–Trinajstić information content (AvgIpc) is 2.23. The van der Waals surface area contributed by atoms with Crippen LogP contribution >= 0.6 is 0 Å². The first-order valence-electron chi connectivity index (χ1n) is 5.22. The molecule has 1 heterocycles. The second-order valence-electron chi connectivity index (χ2n) is 4.03. The van der Waals surface area contributed by atoms with Gasteiger partial charge in [-0.3, -0.25) is 10.1 Å². The van der Waals surface area contributed by atoms with Gasteiger partial charge in [0.05, 0.1) is 4.92 Å². The van der Waals surface area contributed by atoms with Gasteiger partial charge in [0.25, 0.3) is 0 Å². The molecule has 0 atom stereocenters. The zero-order valence-electron chi connectivity index (χ0n) is 10.2. The molecule has 0 aliphatic heterocycles. The van der Waals surface area contributed by atoms with Gasteiger partial charge >= 0.3 is 11.9 Å². The summed E-state index contributed by atoms with van der Waals surface area (Å²) in [4.78, 5) is 17.7. The number of nitrogens with two attached hydrogens (primary N) is 1. The van der Waals surface area contributed by atoms with Gasteiger partial charge in [-0.05, 0) is 13.8 Å². The molecule has 0 aliphatic carbocycles. The highest BCUT2D eigenvalue weighted by Gasteiger charge is 2.35. The fourth-order valence-electron chi connectivity index (χ4n) is 1.41. The van der Waals surface area contributed by atoms with E-state index in [1.54, 1.807) is 0 Å². The predicted molar refractivity (Wildman–Crippen MR) is 61.6 cm³/mol. The van der Waals surface area contributed by atoms with Crippen molar-refractivity contribution in [3.63, 3.8) is 0 Å². The van der Waals surface area contributed by atoms with Crippen LogP contribution in [0.25, 0.3) is 0 Å². The van der Waals surface area contributed by atoms with E-state index in [1.807, 2.05) is 0 Å². The number of nitrogen functional groups attached to an aromatic ring is 1. The van der Waals surface area contributed by atoms with E-state index in [9.17, 15) is 23.3 Å². The normalized spacial score (nSPS) is 11.7. The molecule has 2 N–H and O–H groups in total. The van der Waals surface area contributed by atoms with Crippen molar-refractivity contribution in [2.24, 2.45) is 0 Å². The Balaban J connectivity index is 3.29. The van der Waals surface area contributed by atoms with Crippen LogP contribution in [0.3, 0.4) is 0 Å². The van der Waals surface area contributed by atoms with Crippen molar-refractivity contribution in [3.8, 4) is 0 Å². The molecular weight excluding hydrogens is 267 g/mol. The summed E-state index contributed by atoms with van der Waals surface area (Å²) in [5.41, 5.74) is 4.66. The first kappa shape index (κ1) is 14.9. The minimum atomic E-state index is -4.52. The smallest absolute Gasteiger partial charge is 0.368 e. The van der Waals surface area contributed by atoms with Crippen molar-refractivity contribution < 1.29 is 18.1 Å². The highest BCUT2D eigenvalue weighted by Crippen LogP contribution is 2.30. The summed E-state index contributed by atoms with van der Waals surface area (Å²) >= 11 is 0. The van der Waals surface area contributed by atoms with Crippen molar-refractivity contribution in [1.29, 1.82) is 0 Å². The topological polar surface area (TPSA) is 98.2 Å². The van der Waals surface area contributed by atoms with Crippen molar-refractivity contribution in [1.82, 2.24) is 9.97 Å².